The molecule has 0 aliphatic carbocycles. The van der Waals surface area contributed by atoms with Crippen LogP contribution < -0.4 is 5.32 Å². The second kappa shape index (κ2) is 10.2. The van der Waals surface area contributed by atoms with Crippen LogP contribution in [-0.4, -0.2) is 37.1 Å². The molecule has 8 aromatic rings. The number of fused-ring (bicyclic) bond motifs is 6. The highest BCUT2D eigenvalue weighted by atomic mass is 28.3. The molecular formula is C39H36N6Si. The van der Waals surface area contributed by atoms with Gasteiger partial charge in [0, 0.05) is 44.7 Å². The van der Waals surface area contributed by atoms with E-state index in [1.54, 1.807) is 0 Å². The summed E-state index contributed by atoms with van der Waals surface area (Å²) in [7, 11) is -1.61. The van der Waals surface area contributed by atoms with E-state index in [2.05, 4.69) is 141 Å². The summed E-state index contributed by atoms with van der Waals surface area (Å²) >= 11 is 0. The van der Waals surface area contributed by atoms with Gasteiger partial charge in [0.25, 0.3) is 0 Å². The predicted molar refractivity (Wildman–Crippen MR) is 193 cm³/mol. The second-order valence-corrected chi connectivity index (χ2v) is 19.2. The third kappa shape index (κ3) is 4.53. The van der Waals surface area contributed by atoms with Gasteiger partial charge in [-0.3, -0.25) is 9.13 Å². The van der Waals surface area contributed by atoms with Crippen molar-refractivity contribution in [1.29, 1.82) is 0 Å². The van der Waals surface area contributed by atoms with Gasteiger partial charge in [0.05, 0.1) is 27.8 Å². The lowest BCUT2D eigenvalue weighted by Gasteiger charge is -2.18. The highest BCUT2D eigenvalue weighted by molar-refractivity contribution is 6.88. The number of rotatable bonds is 4. The van der Waals surface area contributed by atoms with Gasteiger partial charge in [-0.1, -0.05) is 88.9 Å². The Labute approximate surface area is 269 Å². The summed E-state index contributed by atoms with van der Waals surface area (Å²) in [6.45, 7) is 13.5. The minimum Gasteiger partial charge on any atom is -0.278 e. The molecule has 0 saturated carbocycles. The van der Waals surface area contributed by atoms with Crippen LogP contribution in [0.1, 0.15) is 26.5 Å². The number of hydrogen-bond donors (Lipinski definition) is 0. The first-order valence-corrected chi connectivity index (χ1v) is 19.3. The largest absolute Gasteiger partial charge is 0.278 e. The zero-order chi connectivity index (χ0) is 31.8. The monoisotopic (exact) mass is 616 g/mol. The zero-order valence-corrected chi connectivity index (χ0v) is 28.1. The Hall–Kier alpha value is -5.14. The average molecular weight is 617 g/mol. The fraction of sp³-hybridized carbons (Fsp3) is 0.179. The molecule has 0 aliphatic heterocycles. The van der Waals surface area contributed by atoms with E-state index in [1.165, 1.54) is 21.5 Å². The van der Waals surface area contributed by atoms with Crippen molar-refractivity contribution < 1.29 is 0 Å². The third-order valence-electron chi connectivity index (χ3n) is 8.90. The minimum atomic E-state index is -1.61. The molecule has 4 aromatic carbocycles. The molecule has 4 aromatic heterocycles. The first-order chi connectivity index (χ1) is 22.1. The molecule has 46 heavy (non-hydrogen) atoms. The normalized spacial score (nSPS) is 12.6. The SMILES string of the molecule is CC(C)(C)c1ccnc(-n2c3ccccc3c3cc(-c4ccc5c(c4)c4ccccc4n5-c4nccc([Si](C)(C)C)n4)ccc32)n1. The van der Waals surface area contributed by atoms with Crippen molar-refractivity contribution in [3.63, 3.8) is 0 Å². The van der Waals surface area contributed by atoms with Crippen molar-refractivity contribution >= 4 is 57.0 Å². The maximum Gasteiger partial charge on any atom is 0.234 e. The van der Waals surface area contributed by atoms with Crippen molar-refractivity contribution in [1.82, 2.24) is 29.1 Å². The molecule has 0 fully saturated rings. The summed E-state index contributed by atoms with van der Waals surface area (Å²) in [5, 5.41) is 5.89. The summed E-state index contributed by atoms with van der Waals surface area (Å²) in [5.74, 6) is 1.42. The predicted octanol–water partition coefficient (Wildman–Crippen LogP) is 8.97. The lowest BCUT2D eigenvalue weighted by atomic mass is 9.92. The Balaban J connectivity index is 1.31. The number of aromatic nitrogens is 6. The molecule has 8 rings (SSSR count). The van der Waals surface area contributed by atoms with Crippen LogP contribution >= 0.6 is 0 Å². The Morgan fingerprint density at radius 1 is 0.522 bits per heavy atom. The maximum atomic E-state index is 5.08. The number of para-hydroxylation sites is 2. The van der Waals surface area contributed by atoms with Crippen molar-refractivity contribution in [3.05, 3.63) is 115 Å². The maximum absolute atomic E-state index is 5.08. The van der Waals surface area contributed by atoms with Gasteiger partial charge in [-0.15, -0.1) is 0 Å². The summed E-state index contributed by atoms with van der Waals surface area (Å²) < 4.78 is 4.40. The summed E-state index contributed by atoms with van der Waals surface area (Å²) in [5.41, 5.74) is 7.67. The van der Waals surface area contributed by atoms with Gasteiger partial charge in [-0.05, 0) is 59.7 Å². The first-order valence-electron chi connectivity index (χ1n) is 15.8. The molecule has 0 spiro atoms. The standard InChI is InChI=1S/C39H36N6Si/c1-39(2,3)35-19-21-40-37(42-35)44-31-13-9-7-11-27(31)29-23-25(15-17-33(29)44)26-16-18-34-30(24-26)28-12-8-10-14-32(28)45(34)38-41-22-20-36(43-38)46(4,5)6/h7-24H,1-6H3. The van der Waals surface area contributed by atoms with Gasteiger partial charge in [-0.25, -0.2) is 19.9 Å². The van der Waals surface area contributed by atoms with E-state index in [-0.39, 0.29) is 5.41 Å². The Morgan fingerprint density at radius 3 is 1.52 bits per heavy atom. The molecule has 0 bridgehead atoms. The quantitative estimate of drug-likeness (QED) is 0.185. The van der Waals surface area contributed by atoms with E-state index in [9.17, 15) is 0 Å². The van der Waals surface area contributed by atoms with Crippen LogP contribution in [0.5, 0.6) is 0 Å². The Bertz CT molecular complexity index is 2280. The van der Waals surface area contributed by atoms with Crippen molar-refractivity contribution in [2.24, 2.45) is 0 Å². The molecule has 6 nitrogen and oxygen atoms in total. The molecule has 7 heteroatoms. The Kier molecular flexibility index (Phi) is 6.28. The van der Waals surface area contributed by atoms with Gasteiger partial charge in [0.15, 0.2) is 0 Å². The summed E-state index contributed by atoms with van der Waals surface area (Å²) in [6, 6.07) is 34.7. The molecular weight excluding hydrogens is 581 g/mol. The van der Waals surface area contributed by atoms with Gasteiger partial charge in [-0.2, -0.15) is 0 Å². The highest BCUT2D eigenvalue weighted by Crippen LogP contribution is 2.37. The molecule has 0 saturated heterocycles. The molecule has 0 unspecified atom stereocenters. The number of hydrogen-bond acceptors (Lipinski definition) is 4. The van der Waals surface area contributed by atoms with E-state index in [4.69, 9.17) is 19.9 Å². The van der Waals surface area contributed by atoms with E-state index in [0.29, 0.717) is 5.95 Å². The van der Waals surface area contributed by atoms with Crippen LogP contribution in [0.25, 0.3) is 66.6 Å². The Morgan fingerprint density at radius 2 is 1.00 bits per heavy atom. The number of benzene rings is 4. The van der Waals surface area contributed by atoms with Crippen LogP contribution in [0.4, 0.5) is 0 Å². The van der Waals surface area contributed by atoms with Crippen LogP contribution in [0, 0.1) is 0 Å². The topological polar surface area (TPSA) is 61.4 Å². The molecule has 0 aliphatic rings. The molecule has 0 amide bonds. The van der Waals surface area contributed by atoms with Crippen LogP contribution in [-0.2, 0) is 5.41 Å². The van der Waals surface area contributed by atoms with Crippen molar-refractivity contribution in [2.75, 3.05) is 0 Å². The van der Waals surface area contributed by atoms with Crippen molar-refractivity contribution in [2.45, 2.75) is 45.8 Å². The van der Waals surface area contributed by atoms with Crippen LogP contribution in [0.2, 0.25) is 19.6 Å². The fourth-order valence-electron chi connectivity index (χ4n) is 6.48. The lowest BCUT2D eigenvalue weighted by molar-refractivity contribution is 0.565. The number of nitrogens with zero attached hydrogens (tertiary/aromatic N) is 6. The van der Waals surface area contributed by atoms with Crippen LogP contribution in [0.15, 0.2) is 109 Å². The van der Waals surface area contributed by atoms with Gasteiger partial charge >= 0.3 is 0 Å². The minimum absolute atomic E-state index is 0.0748. The molecule has 0 N–H and O–H groups in total. The van der Waals surface area contributed by atoms with Gasteiger partial charge in [0.1, 0.15) is 8.07 Å². The molecule has 4 heterocycles. The molecule has 0 radical (unpaired) electrons. The third-order valence-corrected chi connectivity index (χ3v) is 10.7. The van der Waals surface area contributed by atoms with E-state index in [1.807, 2.05) is 18.5 Å². The summed E-state index contributed by atoms with van der Waals surface area (Å²) in [6.07, 6.45) is 3.77. The van der Waals surface area contributed by atoms with E-state index < -0.39 is 8.07 Å². The lowest BCUT2D eigenvalue weighted by Crippen LogP contribution is -2.40. The van der Waals surface area contributed by atoms with Gasteiger partial charge < -0.3 is 0 Å². The smallest absolute Gasteiger partial charge is 0.234 e. The van der Waals surface area contributed by atoms with Crippen molar-refractivity contribution in [3.8, 4) is 23.0 Å². The average Bonchev–Trinajstić information content (AvgIpc) is 3.56. The van der Waals surface area contributed by atoms with Crippen LogP contribution in [0.3, 0.4) is 0 Å². The van der Waals surface area contributed by atoms with E-state index >= 15 is 0 Å². The summed E-state index contributed by atoms with van der Waals surface area (Å²) in [4.78, 5) is 19.6. The molecule has 0 atom stereocenters. The zero-order valence-electron chi connectivity index (χ0n) is 27.1. The molecule has 226 valence electrons. The fourth-order valence-corrected chi connectivity index (χ4v) is 7.49. The second-order valence-electron chi connectivity index (χ2n) is 14.2. The highest BCUT2D eigenvalue weighted by Gasteiger charge is 2.22. The van der Waals surface area contributed by atoms with E-state index in [0.717, 1.165) is 50.2 Å². The van der Waals surface area contributed by atoms with Gasteiger partial charge in [0.2, 0.25) is 11.9 Å². The first kappa shape index (κ1) is 28.3.